The molecule has 0 aromatic rings. The summed E-state index contributed by atoms with van der Waals surface area (Å²) in [7, 11) is 0. The van der Waals surface area contributed by atoms with E-state index in [0.29, 0.717) is 6.42 Å². The SMILES string of the molecule is CCCCCCCCCCCCCCCC(=O)C1C(=O)COC1=O. The van der Waals surface area contributed by atoms with Crippen molar-refractivity contribution in [2.45, 2.75) is 96.8 Å². The highest BCUT2D eigenvalue weighted by Gasteiger charge is 2.40. The number of hydrogen-bond donors (Lipinski definition) is 0. The van der Waals surface area contributed by atoms with Crippen LogP contribution in [-0.4, -0.2) is 24.1 Å². The summed E-state index contributed by atoms with van der Waals surface area (Å²) in [5.74, 6) is -2.41. The van der Waals surface area contributed by atoms with Gasteiger partial charge in [-0.05, 0) is 6.42 Å². The zero-order valence-corrected chi connectivity index (χ0v) is 15.3. The maximum Gasteiger partial charge on any atom is 0.324 e. The molecule has 138 valence electrons. The molecule has 24 heavy (non-hydrogen) atoms. The summed E-state index contributed by atoms with van der Waals surface area (Å²) in [6.45, 7) is 2.02. The van der Waals surface area contributed by atoms with E-state index in [0.717, 1.165) is 19.3 Å². The second kappa shape index (κ2) is 13.1. The van der Waals surface area contributed by atoms with Gasteiger partial charge in [0.25, 0.3) is 0 Å². The number of carbonyl (C=O) groups is 3. The Morgan fingerprint density at radius 1 is 0.833 bits per heavy atom. The van der Waals surface area contributed by atoms with Crippen LogP contribution in [0.15, 0.2) is 0 Å². The lowest BCUT2D eigenvalue weighted by atomic mass is 9.96. The Hall–Kier alpha value is -1.19. The van der Waals surface area contributed by atoms with E-state index in [9.17, 15) is 14.4 Å². The van der Waals surface area contributed by atoms with Crippen LogP contribution in [0.25, 0.3) is 0 Å². The average molecular weight is 338 g/mol. The van der Waals surface area contributed by atoms with Crippen molar-refractivity contribution in [1.82, 2.24) is 0 Å². The van der Waals surface area contributed by atoms with Crippen molar-refractivity contribution in [3.8, 4) is 0 Å². The van der Waals surface area contributed by atoms with Crippen molar-refractivity contribution < 1.29 is 19.1 Å². The van der Waals surface area contributed by atoms with Gasteiger partial charge in [0.15, 0.2) is 24.1 Å². The topological polar surface area (TPSA) is 60.4 Å². The molecule has 1 unspecified atom stereocenters. The smallest absolute Gasteiger partial charge is 0.324 e. The van der Waals surface area contributed by atoms with Crippen LogP contribution in [-0.2, 0) is 19.1 Å². The van der Waals surface area contributed by atoms with E-state index >= 15 is 0 Å². The van der Waals surface area contributed by atoms with Gasteiger partial charge in [0.2, 0.25) is 0 Å². The highest BCUT2D eigenvalue weighted by molar-refractivity contribution is 6.20. The number of unbranched alkanes of at least 4 members (excludes halogenated alkanes) is 12. The zero-order valence-electron chi connectivity index (χ0n) is 15.3. The molecule has 0 spiro atoms. The van der Waals surface area contributed by atoms with Crippen molar-refractivity contribution in [3.63, 3.8) is 0 Å². The standard InChI is InChI=1S/C20H34O4/c1-2-3-4-5-6-7-8-9-10-11-12-13-14-15-17(21)19-18(22)16-24-20(19)23/h19H,2-16H2,1H3. The molecule has 1 aliphatic heterocycles. The Morgan fingerprint density at radius 3 is 1.71 bits per heavy atom. The number of rotatable bonds is 15. The predicted octanol–water partition coefficient (Wildman–Crippen LogP) is 4.78. The number of carbonyl (C=O) groups excluding carboxylic acids is 3. The number of cyclic esters (lactones) is 1. The summed E-state index contributed by atoms with van der Waals surface area (Å²) in [6.07, 6.45) is 16.6. The van der Waals surface area contributed by atoms with Crippen LogP contribution in [0.4, 0.5) is 0 Å². The second-order valence-electron chi connectivity index (χ2n) is 6.97. The fourth-order valence-electron chi connectivity index (χ4n) is 3.21. The van der Waals surface area contributed by atoms with Gasteiger partial charge in [-0.3, -0.25) is 14.4 Å². The molecule has 0 aromatic heterocycles. The van der Waals surface area contributed by atoms with E-state index in [4.69, 9.17) is 0 Å². The molecule has 4 nitrogen and oxygen atoms in total. The van der Waals surface area contributed by atoms with Gasteiger partial charge in [-0.2, -0.15) is 0 Å². The molecule has 4 heteroatoms. The maximum absolute atomic E-state index is 11.8. The number of ether oxygens (including phenoxy) is 1. The number of esters is 1. The van der Waals surface area contributed by atoms with Gasteiger partial charge in [0.1, 0.15) is 0 Å². The van der Waals surface area contributed by atoms with Crippen LogP contribution >= 0.6 is 0 Å². The average Bonchev–Trinajstić information content (AvgIpc) is 2.90. The van der Waals surface area contributed by atoms with Crippen LogP contribution < -0.4 is 0 Å². The van der Waals surface area contributed by atoms with Crippen molar-refractivity contribution in [2.75, 3.05) is 6.61 Å². The summed E-state index contributed by atoms with van der Waals surface area (Å²) in [5, 5.41) is 0. The predicted molar refractivity (Wildman–Crippen MR) is 94.8 cm³/mol. The molecule has 1 rings (SSSR count). The first-order valence-electron chi connectivity index (χ1n) is 9.89. The Bertz CT molecular complexity index is 373. The van der Waals surface area contributed by atoms with Gasteiger partial charge in [0, 0.05) is 6.42 Å². The Labute approximate surface area is 146 Å². The first-order valence-corrected chi connectivity index (χ1v) is 9.89. The molecular weight excluding hydrogens is 304 g/mol. The van der Waals surface area contributed by atoms with Gasteiger partial charge in [0.05, 0.1) is 0 Å². The van der Waals surface area contributed by atoms with E-state index < -0.39 is 11.9 Å². The fourth-order valence-corrected chi connectivity index (χ4v) is 3.21. The molecule has 1 saturated heterocycles. The van der Waals surface area contributed by atoms with Crippen molar-refractivity contribution in [2.24, 2.45) is 5.92 Å². The fraction of sp³-hybridized carbons (Fsp3) is 0.850. The van der Waals surface area contributed by atoms with E-state index in [2.05, 4.69) is 11.7 Å². The number of hydrogen-bond acceptors (Lipinski definition) is 4. The number of ketones is 2. The molecule has 1 fully saturated rings. The maximum atomic E-state index is 11.8. The van der Waals surface area contributed by atoms with Crippen molar-refractivity contribution in [1.29, 1.82) is 0 Å². The summed E-state index contributed by atoms with van der Waals surface area (Å²) in [6, 6.07) is 0. The summed E-state index contributed by atoms with van der Waals surface area (Å²) >= 11 is 0. The zero-order chi connectivity index (χ0) is 17.6. The lowest BCUT2D eigenvalue weighted by Gasteiger charge is -2.04. The minimum atomic E-state index is -1.12. The monoisotopic (exact) mass is 338 g/mol. The summed E-state index contributed by atoms with van der Waals surface area (Å²) in [4.78, 5) is 34.5. The molecular formula is C20H34O4. The van der Waals surface area contributed by atoms with E-state index in [-0.39, 0.29) is 18.2 Å². The van der Waals surface area contributed by atoms with E-state index in [1.54, 1.807) is 0 Å². The molecule has 0 radical (unpaired) electrons. The molecule has 1 aliphatic rings. The van der Waals surface area contributed by atoms with Crippen LogP contribution in [0, 0.1) is 5.92 Å². The van der Waals surface area contributed by atoms with Gasteiger partial charge in [-0.25, -0.2) is 0 Å². The third kappa shape index (κ3) is 8.60. The molecule has 0 amide bonds. The van der Waals surface area contributed by atoms with Gasteiger partial charge in [-0.1, -0.05) is 84.0 Å². The molecule has 0 aromatic carbocycles. The van der Waals surface area contributed by atoms with Crippen LogP contribution in [0.1, 0.15) is 96.8 Å². The Balaban J connectivity index is 1.86. The van der Waals surface area contributed by atoms with Gasteiger partial charge in [-0.15, -0.1) is 0 Å². The summed E-state index contributed by atoms with van der Waals surface area (Å²) in [5.41, 5.74) is 0. The molecule has 1 atom stereocenters. The Morgan fingerprint density at radius 2 is 1.29 bits per heavy atom. The highest BCUT2D eigenvalue weighted by atomic mass is 16.5. The van der Waals surface area contributed by atoms with Crippen molar-refractivity contribution >= 4 is 17.5 Å². The van der Waals surface area contributed by atoms with Crippen molar-refractivity contribution in [3.05, 3.63) is 0 Å². The molecule has 0 saturated carbocycles. The number of Topliss-reactive ketones (excluding diaryl/α,β-unsaturated/α-hetero) is 2. The van der Waals surface area contributed by atoms with Crippen LogP contribution in [0.3, 0.4) is 0 Å². The normalized spacial score (nSPS) is 17.3. The lowest BCUT2D eigenvalue weighted by molar-refractivity contribution is -0.144. The van der Waals surface area contributed by atoms with Gasteiger partial charge >= 0.3 is 5.97 Å². The molecule has 0 bridgehead atoms. The van der Waals surface area contributed by atoms with Gasteiger partial charge < -0.3 is 4.74 Å². The van der Waals surface area contributed by atoms with E-state index in [1.807, 2.05) is 0 Å². The van der Waals surface area contributed by atoms with E-state index in [1.165, 1.54) is 64.2 Å². The third-order valence-corrected chi connectivity index (χ3v) is 4.76. The molecule has 0 aliphatic carbocycles. The Kier molecular flexibility index (Phi) is 11.4. The first kappa shape index (κ1) is 20.9. The largest absolute Gasteiger partial charge is 0.457 e. The minimum absolute atomic E-state index is 0.228. The molecule has 1 heterocycles. The van der Waals surface area contributed by atoms with Crippen LogP contribution in [0.2, 0.25) is 0 Å². The first-order chi connectivity index (χ1) is 11.7. The summed E-state index contributed by atoms with van der Waals surface area (Å²) < 4.78 is 4.61. The molecule has 0 N–H and O–H groups in total. The highest BCUT2D eigenvalue weighted by Crippen LogP contribution is 2.17. The second-order valence-corrected chi connectivity index (χ2v) is 6.97. The quantitative estimate of drug-likeness (QED) is 0.245. The lowest BCUT2D eigenvalue weighted by Crippen LogP contribution is -2.25. The minimum Gasteiger partial charge on any atom is -0.457 e. The third-order valence-electron chi connectivity index (χ3n) is 4.76. The van der Waals surface area contributed by atoms with Crippen LogP contribution in [0.5, 0.6) is 0 Å².